The summed E-state index contributed by atoms with van der Waals surface area (Å²) in [6.45, 7) is 25.0. The Morgan fingerprint density at radius 3 is 1.30 bits per heavy atom. The summed E-state index contributed by atoms with van der Waals surface area (Å²) in [4.78, 5) is 39.4. The molecule has 7 nitrogen and oxygen atoms in total. The van der Waals surface area contributed by atoms with Crippen molar-refractivity contribution in [2.75, 3.05) is 0 Å². The van der Waals surface area contributed by atoms with Crippen molar-refractivity contribution in [2.24, 2.45) is 10.8 Å². The van der Waals surface area contributed by atoms with Crippen LogP contribution in [0.3, 0.4) is 0 Å². The summed E-state index contributed by atoms with van der Waals surface area (Å²) < 4.78 is 18.5. The highest BCUT2D eigenvalue weighted by Crippen LogP contribution is 2.67. The summed E-state index contributed by atoms with van der Waals surface area (Å²) in [5.74, 6) is -0.169. The Balaban J connectivity index is 1.35. The molecule has 0 aromatic carbocycles. The second kappa shape index (κ2) is 38.2. The molecule has 1 N–H and O–H groups in total. The predicted octanol–water partition coefficient (Wildman–Crippen LogP) is 21.0. The highest BCUT2D eigenvalue weighted by molar-refractivity contribution is 5.96. The van der Waals surface area contributed by atoms with E-state index in [1.807, 2.05) is 82.4 Å². The maximum atomic E-state index is 13.6. The Morgan fingerprint density at radius 1 is 0.506 bits per heavy atom. The zero-order valence-corrected chi connectivity index (χ0v) is 54.2. The molecule has 0 amide bonds. The molecule has 0 aromatic heterocycles. The number of carbonyl (C=O) groups excluding carboxylic acids is 3. The second-order valence-electron chi connectivity index (χ2n) is 26.9. The van der Waals surface area contributed by atoms with Crippen LogP contribution in [0, 0.1) is 10.8 Å². The van der Waals surface area contributed by atoms with Crippen LogP contribution in [0.2, 0.25) is 0 Å². The molecule has 7 heteroatoms. The van der Waals surface area contributed by atoms with Crippen LogP contribution in [0.15, 0.2) is 100 Å². The van der Waals surface area contributed by atoms with Crippen LogP contribution in [0.4, 0.5) is 0 Å². The number of esters is 2. The fraction of sp³-hybridized carbons (Fsp3) is 0.730. The van der Waals surface area contributed by atoms with Crippen molar-refractivity contribution in [3.05, 3.63) is 100 Å². The molecule has 3 aliphatic rings. The summed E-state index contributed by atoms with van der Waals surface area (Å²) in [6, 6.07) is 0. The summed E-state index contributed by atoms with van der Waals surface area (Å²) in [7, 11) is 0. The van der Waals surface area contributed by atoms with Gasteiger partial charge in [-0.15, -0.1) is 5.73 Å². The third kappa shape index (κ3) is 27.7. The SMILES string of the molecule is CCCCCCCCCCCCCCCCC(=O)O[C@H]1CC(C)(C)[C@]2(CC(=O)/C(C)=C/C=C/C(C)=C/C=C/C=C(C)/C=C/C=C(\C)C=C=C3C(C)(C)C[C@H](OC(=O)CCCCCCCCCCCCCCCC)C[C@@]3(C)O)O[C@]2(C)C1. The molecular weight excluding hydrogens is 1000 g/mol. The molecule has 3 fully saturated rings. The zero-order valence-electron chi connectivity index (χ0n) is 54.2. The predicted molar refractivity (Wildman–Crippen MR) is 342 cm³/mol. The van der Waals surface area contributed by atoms with E-state index in [0.29, 0.717) is 50.5 Å². The van der Waals surface area contributed by atoms with Gasteiger partial charge >= 0.3 is 11.9 Å². The number of Topliss-reactive ketones (excluding diaryl/α,β-unsaturated/α-hetero) is 1. The molecule has 5 atom stereocenters. The van der Waals surface area contributed by atoms with E-state index in [0.717, 1.165) is 48.0 Å². The molecule has 1 heterocycles. The number of rotatable bonds is 42. The maximum absolute atomic E-state index is 13.6. The third-order valence-electron chi connectivity index (χ3n) is 17.9. The molecule has 81 heavy (non-hydrogen) atoms. The number of allylic oxidation sites excluding steroid dienone is 14. The van der Waals surface area contributed by atoms with Gasteiger partial charge in [-0.1, -0.05) is 280 Å². The lowest BCUT2D eigenvalue weighted by molar-refractivity contribution is -0.156. The van der Waals surface area contributed by atoms with Gasteiger partial charge in [-0.2, -0.15) is 0 Å². The molecule has 0 bridgehead atoms. The monoisotopic (exact) mass is 1120 g/mol. The lowest BCUT2D eigenvalue weighted by atomic mass is 9.61. The maximum Gasteiger partial charge on any atom is 0.306 e. The van der Waals surface area contributed by atoms with E-state index >= 15 is 0 Å². The van der Waals surface area contributed by atoms with Crippen LogP contribution in [-0.2, 0) is 28.6 Å². The normalized spacial score (nSPS) is 24.0. The van der Waals surface area contributed by atoms with Crippen molar-refractivity contribution in [2.45, 2.75) is 337 Å². The average Bonchev–Trinajstić information content (AvgIpc) is 3.16. The number of aliphatic hydroxyl groups is 1. The summed E-state index contributed by atoms with van der Waals surface area (Å²) in [5, 5.41) is 11.6. The number of unbranched alkanes of at least 4 members (excludes halogenated alkanes) is 26. The van der Waals surface area contributed by atoms with Crippen LogP contribution in [-0.4, -0.2) is 51.8 Å². The number of ether oxygens (including phenoxy) is 3. The number of ketones is 1. The molecule has 0 radical (unpaired) electrons. The van der Waals surface area contributed by atoms with Crippen molar-refractivity contribution in [3.63, 3.8) is 0 Å². The van der Waals surface area contributed by atoms with Crippen molar-refractivity contribution >= 4 is 17.7 Å². The average molecular weight is 1120 g/mol. The van der Waals surface area contributed by atoms with Crippen molar-refractivity contribution in [1.29, 1.82) is 0 Å². The Labute approximate surface area is 497 Å². The molecular formula is C74H120O7. The molecule has 3 rings (SSSR count). The lowest BCUT2D eigenvalue weighted by Crippen LogP contribution is -2.49. The fourth-order valence-electron chi connectivity index (χ4n) is 13.0. The van der Waals surface area contributed by atoms with Gasteiger partial charge in [0, 0.05) is 43.1 Å². The quantitative estimate of drug-likeness (QED) is 0.0162. The number of hydrogen-bond donors (Lipinski definition) is 1. The number of fused-ring (bicyclic) bond motifs is 1. The minimum absolute atomic E-state index is 0.0818. The van der Waals surface area contributed by atoms with Crippen LogP contribution < -0.4 is 0 Å². The van der Waals surface area contributed by atoms with Crippen LogP contribution >= 0.6 is 0 Å². The molecule has 2 saturated carbocycles. The third-order valence-corrected chi connectivity index (χ3v) is 17.9. The van der Waals surface area contributed by atoms with Gasteiger partial charge in [-0.3, -0.25) is 14.4 Å². The first kappa shape index (κ1) is 71.5. The van der Waals surface area contributed by atoms with E-state index in [2.05, 4.69) is 73.3 Å². The topological polar surface area (TPSA) is 102 Å². The van der Waals surface area contributed by atoms with Gasteiger partial charge in [0.25, 0.3) is 0 Å². The van der Waals surface area contributed by atoms with Gasteiger partial charge in [0.05, 0.1) is 11.2 Å². The molecule has 0 spiro atoms. The van der Waals surface area contributed by atoms with Gasteiger partial charge in [0.1, 0.15) is 17.8 Å². The van der Waals surface area contributed by atoms with E-state index in [4.69, 9.17) is 14.2 Å². The largest absolute Gasteiger partial charge is 0.462 e. The van der Waals surface area contributed by atoms with E-state index in [1.165, 1.54) is 154 Å². The van der Waals surface area contributed by atoms with Crippen LogP contribution in [0.1, 0.15) is 308 Å². The Kier molecular flexibility index (Phi) is 33.7. The minimum atomic E-state index is -1.13. The Hall–Kier alpha value is -3.77. The van der Waals surface area contributed by atoms with Crippen molar-refractivity contribution in [3.8, 4) is 0 Å². The smallest absolute Gasteiger partial charge is 0.306 e. The molecule has 0 aromatic rings. The molecule has 1 saturated heterocycles. The lowest BCUT2D eigenvalue weighted by Gasteiger charge is -2.44. The van der Waals surface area contributed by atoms with Crippen LogP contribution in [0.25, 0.3) is 0 Å². The van der Waals surface area contributed by atoms with E-state index in [-0.39, 0.29) is 40.8 Å². The minimum Gasteiger partial charge on any atom is -0.462 e. The fourth-order valence-corrected chi connectivity index (χ4v) is 13.0. The first-order valence-electron chi connectivity index (χ1n) is 33.1. The highest BCUT2D eigenvalue weighted by atomic mass is 16.6. The van der Waals surface area contributed by atoms with Gasteiger partial charge < -0.3 is 19.3 Å². The van der Waals surface area contributed by atoms with E-state index in [9.17, 15) is 19.5 Å². The second-order valence-corrected chi connectivity index (χ2v) is 26.9. The number of hydrogen-bond acceptors (Lipinski definition) is 7. The van der Waals surface area contributed by atoms with Gasteiger partial charge in [0.2, 0.25) is 0 Å². The standard InChI is InChI=1S/C74H120O7/c1-13-15-17-19-21-23-25-27-29-31-33-35-37-39-51-68(76)79-64-55-70(7,8)67(72(11,78)57-64)54-53-62(5)48-43-47-60(3)45-41-42-46-61(4)49-44-50-63(6)66(75)59-74-71(9,10)56-65(58-73(74,12)81-74)80-69(77)52-40-38-36-34-32-30-28-26-24-22-20-18-16-14-2/h41-50,53,64-65,78H,13-40,51-52,55-59H2,1-12H3/b42-41+,47-43+,49-44+,60-45+,61-46+,62-48+,63-50+/t54?,64-,65-,72+,73+,74-/m0/s1. The van der Waals surface area contributed by atoms with Crippen molar-refractivity contribution in [1.82, 2.24) is 0 Å². The first-order valence-corrected chi connectivity index (χ1v) is 33.1. The highest BCUT2D eigenvalue weighted by Gasteiger charge is 2.76. The summed E-state index contributed by atoms with van der Waals surface area (Å²) in [6.07, 6.45) is 61.2. The summed E-state index contributed by atoms with van der Waals surface area (Å²) >= 11 is 0. The Bertz CT molecular complexity index is 2140. The van der Waals surface area contributed by atoms with E-state index < -0.39 is 16.8 Å². The molecule has 1 aliphatic heterocycles. The molecule has 2 aliphatic carbocycles. The number of epoxide rings is 1. The van der Waals surface area contributed by atoms with Gasteiger partial charge in [0.15, 0.2) is 5.78 Å². The Morgan fingerprint density at radius 2 is 0.889 bits per heavy atom. The molecule has 458 valence electrons. The van der Waals surface area contributed by atoms with Gasteiger partial charge in [-0.25, -0.2) is 0 Å². The van der Waals surface area contributed by atoms with Gasteiger partial charge in [-0.05, 0) is 89.9 Å². The molecule has 0 unspecified atom stereocenters. The number of carbonyl (C=O) groups is 3. The van der Waals surface area contributed by atoms with Crippen LogP contribution in [0.5, 0.6) is 0 Å². The van der Waals surface area contributed by atoms with E-state index in [1.54, 1.807) is 0 Å². The summed E-state index contributed by atoms with van der Waals surface area (Å²) in [5.41, 5.74) is 5.27. The first-order chi connectivity index (χ1) is 38.6. The van der Waals surface area contributed by atoms with Crippen molar-refractivity contribution < 1.29 is 33.7 Å². The zero-order chi connectivity index (χ0) is 59.6.